The van der Waals surface area contributed by atoms with Crippen molar-refractivity contribution in [3.8, 4) is 0 Å². The third-order valence-electron chi connectivity index (χ3n) is 4.23. The van der Waals surface area contributed by atoms with E-state index in [0.717, 1.165) is 5.52 Å². The summed E-state index contributed by atoms with van der Waals surface area (Å²) in [5.74, 6) is 0. The number of nitrogens with zero attached hydrogens (tertiary/aromatic N) is 1. The normalized spacial score (nSPS) is 18.3. The lowest BCUT2D eigenvalue weighted by atomic mass is 10.1. The summed E-state index contributed by atoms with van der Waals surface area (Å²) in [6.45, 7) is 0.521. The Labute approximate surface area is 128 Å². The van der Waals surface area contributed by atoms with Crippen molar-refractivity contribution in [3.63, 3.8) is 0 Å². The smallest absolute Gasteiger partial charge is 0.251 e. The first-order valence-electron chi connectivity index (χ1n) is 7.29. The van der Waals surface area contributed by atoms with Crippen LogP contribution in [0.2, 0.25) is 0 Å². The predicted octanol–water partition coefficient (Wildman–Crippen LogP) is 2.67. The van der Waals surface area contributed by atoms with Crippen LogP contribution in [0.1, 0.15) is 12.8 Å². The number of H-pyrrole nitrogens is 1. The number of halogens is 2. The molecule has 3 rings (SSSR count). The number of rotatable bonds is 4. The molecule has 1 aliphatic rings. The third-order valence-corrected chi connectivity index (χ3v) is 6.53. The fourth-order valence-electron chi connectivity index (χ4n) is 3.06. The van der Waals surface area contributed by atoms with Crippen molar-refractivity contribution < 1.29 is 17.2 Å². The van der Waals surface area contributed by atoms with Crippen LogP contribution in [0.25, 0.3) is 10.9 Å². The highest BCUT2D eigenvalue weighted by molar-refractivity contribution is 7.92. The summed E-state index contributed by atoms with van der Waals surface area (Å²) < 4.78 is 50.4. The molecular weight excluding hydrogens is 310 g/mol. The van der Waals surface area contributed by atoms with Crippen molar-refractivity contribution >= 4 is 20.7 Å². The van der Waals surface area contributed by atoms with Gasteiger partial charge in [-0.1, -0.05) is 18.2 Å². The zero-order valence-corrected chi connectivity index (χ0v) is 12.8. The molecule has 2 heterocycles. The average Bonchev–Trinajstić information content (AvgIpc) is 2.92. The van der Waals surface area contributed by atoms with Crippen molar-refractivity contribution in [2.24, 2.45) is 0 Å². The van der Waals surface area contributed by atoms with Crippen LogP contribution in [-0.4, -0.2) is 49.6 Å². The van der Waals surface area contributed by atoms with Crippen LogP contribution in [-0.2, 0) is 9.84 Å². The van der Waals surface area contributed by atoms with E-state index in [4.69, 9.17) is 0 Å². The highest BCUT2D eigenvalue weighted by atomic mass is 32.2. The SMILES string of the molecule is O=S(=O)(c1c[nH]c2ccccc12)C1CCN(CC(F)F)CC1. The fraction of sp³-hybridized carbons (Fsp3) is 0.467. The number of hydrogen-bond acceptors (Lipinski definition) is 3. The van der Waals surface area contributed by atoms with Gasteiger partial charge in [0, 0.05) is 17.1 Å². The lowest BCUT2D eigenvalue weighted by Gasteiger charge is -2.31. The van der Waals surface area contributed by atoms with E-state index in [9.17, 15) is 17.2 Å². The molecule has 0 bridgehead atoms. The topological polar surface area (TPSA) is 53.2 Å². The predicted molar refractivity (Wildman–Crippen MR) is 81.0 cm³/mol. The first kappa shape index (κ1) is 15.4. The van der Waals surface area contributed by atoms with E-state index in [-0.39, 0.29) is 6.54 Å². The van der Waals surface area contributed by atoms with Gasteiger partial charge in [0.1, 0.15) is 0 Å². The number of aromatic nitrogens is 1. The number of para-hydroxylation sites is 1. The van der Waals surface area contributed by atoms with Gasteiger partial charge in [0.25, 0.3) is 6.43 Å². The van der Waals surface area contributed by atoms with Crippen molar-refractivity contribution in [1.82, 2.24) is 9.88 Å². The molecule has 0 saturated carbocycles. The summed E-state index contributed by atoms with van der Waals surface area (Å²) in [7, 11) is -3.44. The van der Waals surface area contributed by atoms with Gasteiger partial charge in [0.15, 0.2) is 9.84 Å². The van der Waals surface area contributed by atoms with Crippen molar-refractivity contribution in [2.75, 3.05) is 19.6 Å². The van der Waals surface area contributed by atoms with Gasteiger partial charge in [-0.05, 0) is 32.0 Å². The largest absolute Gasteiger partial charge is 0.360 e. The Morgan fingerprint density at radius 2 is 1.91 bits per heavy atom. The van der Waals surface area contributed by atoms with Gasteiger partial charge in [0.2, 0.25) is 0 Å². The van der Waals surface area contributed by atoms with Crippen molar-refractivity contribution in [1.29, 1.82) is 0 Å². The maximum Gasteiger partial charge on any atom is 0.251 e. The quantitative estimate of drug-likeness (QED) is 0.939. The Morgan fingerprint density at radius 3 is 2.59 bits per heavy atom. The Hall–Kier alpha value is -1.47. The molecular formula is C15H18F2N2O2S. The molecule has 0 spiro atoms. The molecule has 1 aromatic carbocycles. The molecule has 7 heteroatoms. The van der Waals surface area contributed by atoms with E-state index < -0.39 is 21.5 Å². The van der Waals surface area contributed by atoms with Crippen LogP contribution < -0.4 is 0 Å². The lowest BCUT2D eigenvalue weighted by Crippen LogP contribution is -2.41. The number of likely N-dealkylation sites (tertiary alicyclic amines) is 1. The van der Waals surface area contributed by atoms with Crippen LogP contribution in [0, 0.1) is 0 Å². The molecule has 0 atom stereocenters. The molecule has 1 N–H and O–H groups in total. The van der Waals surface area contributed by atoms with Gasteiger partial charge in [-0.15, -0.1) is 0 Å². The highest BCUT2D eigenvalue weighted by Gasteiger charge is 2.33. The Morgan fingerprint density at radius 1 is 1.23 bits per heavy atom. The molecule has 120 valence electrons. The summed E-state index contributed by atoms with van der Waals surface area (Å²) in [6, 6.07) is 7.27. The molecule has 0 radical (unpaired) electrons. The van der Waals surface area contributed by atoms with Crippen molar-refractivity contribution in [2.45, 2.75) is 29.4 Å². The molecule has 1 aliphatic heterocycles. The number of nitrogens with one attached hydrogen (secondary N) is 1. The summed E-state index contributed by atoms with van der Waals surface area (Å²) in [4.78, 5) is 4.93. The van der Waals surface area contributed by atoms with Crippen LogP contribution in [0.5, 0.6) is 0 Å². The van der Waals surface area contributed by atoms with E-state index in [1.165, 1.54) is 6.20 Å². The zero-order valence-electron chi connectivity index (χ0n) is 12.0. The summed E-state index contributed by atoms with van der Waals surface area (Å²) in [6.07, 6.45) is -0.0453. The minimum atomic E-state index is -3.44. The first-order chi connectivity index (χ1) is 10.5. The second-order valence-electron chi connectivity index (χ2n) is 5.63. The second kappa shape index (κ2) is 5.96. The number of alkyl halides is 2. The molecule has 1 aromatic heterocycles. The monoisotopic (exact) mass is 328 g/mol. The lowest BCUT2D eigenvalue weighted by molar-refractivity contribution is 0.0793. The maximum absolute atomic E-state index is 12.8. The number of piperidine rings is 1. The molecule has 0 aliphatic carbocycles. The first-order valence-corrected chi connectivity index (χ1v) is 8.83. The fourth-order valence-corrected chi connectivity index (χ4v) is 4.96. The van der Waals surface area contributed by atoms with Crippen LogP contribution in [0.4, 0.5) is 8.78 Å². The van der Waals surface area contributed by atoms with E-state index in [1.807, 2.05) is 12.1 Å². The summed E-state index contributed by atoms with van der Waals surface area (Å²) in [5.41, 5.74) is 0.788. The third kappa shape index (κ3) is 2.87. The number of aromatic amines is 1. The Balaban J connectivity index is 1.80. The van der Waals surface area contributed by atoms with Crippen molar-refractivity contribution in [3.05, 3.63) is 30.5 Å². The van der Waals surface area contributed by atoms with E-state index in [0.29, 0.717) is 36.2 Å². The van der Waals surface area contributed by atoms with E-state index >= 15 is 0 Å². The summed E-state index contributed by atoms with van der Waals surface area (Å²) in [5, 5.41) is 0.193. The molecule has 22 heavy (non-hydrogen) atoms. The van der Waals surface area contributed by atoms with Crippen LogP contribution in [0.3, 0.4) is 0 Å². The average molecular weight is 328 g/mol. The molecule has 1 saturated heterocycles. The number of hydrogen-bond donors (Lipinski definition) is 1. The number of sulfone groups is 1. The second-order valence-corrected chi connectivity index (χ2v) is 7.83. The number of fused-ring (bicyclic) bond motifs is 1. The maximum atomic E-state index is 12.8. The Bertz CT molecular complexity index is 750. The van der Waals surface area contributed by atoms with Crippen LogP contribution in [0.15, 0.2) is 35.4 Å². The van der Waals surface area contributed by atoms with E-state index in [2.05, 4.69) is 4.98 Å². The zero-order chi connectivity index (χ0) is 15.7. The molecule has 2 aromatic rings. The summed E-state index contributed by atoms with van der Waals surface area (Å²) >= 11 is 0. The minimum Gasteiger partial charge on any atom is -0.360 e. The molecule has 4 nitrogen and oxygen atoms in total. The highest BCUT2D eigenvalue weighted by Crippen LogP contribution is 2.30. The Kier molecular flexibility index (Phi) is 4.18. The van der Waals surface area contributed by atoms with E-state index in [1.54, 1.807) is 17.0 Å². The van der Waals surface area contributed by atoms with Gasteiger partial charge in [-0.3, -0.25) is 4.90 Å². The number of benzene rings is 1. The van der Waals surface area contributed by atoms with Crippen LogP contribution >= 0.6 is 0 Å². The standard InChI is InChI=1S/C15H18F2N2O2S/c16-15(17)10-19-7-5-11(6-8-19)22(20,21)14-9-18-13-4-2-1-3-12(13)14/h1-4,9,11,15,18H,5-8,10H2. The van der Waals surface area contributed by atoms with Gasteiger partial charge in [-0.2, -0.15) is 0 Å². The van der Waals surface area contributed by atoms with Gasteiger partial charge in [-0.25, -0.2) is 17.2 Å². The van der Waals surface area contributed by atoms with Gasteiger partial charge in [0.05, 0.1) is 16.7 Å². The molecule has 1 fully saturated rings. The van der Waals surface area contributed by atoms with Gasteiger partial charge < -0.3 is 4.98 Å². The molecule has 0 unspecified atom stereocenters. The van der Waals surface area contributed by atoms with Gasteiger partial charge >= 0.3 is 0 Å². The minimum absolute atomic E-state index is 0.278. The molecule has 0 amide bonds.